The molecule has 1 saturated carbocycles. The highest BCUT2D eigenvalue weighted by molar-refractivity contribution is 7.17. The fraction of sp³-hybridized carbons (Fsp3) is 0.368. The van der Waals surface area contributed by atoms with Gasteiger partial charge in [-0.2, -0.15) is 0 Å². The van der Waals surface area contributed by atoms with E-state index in [0.717, 1.165) is 16.0 Å². The van der Waals surface area contributed by atoms with Gasteiger partial charge in [-0.05, 0) is 61.9 Å². The lowest BCUT2D eigenvalue weighted by Gasteiger charge is -2.26. The van der Waals surface area contributed by atoms with Crippen LogP contribution in [0, 0.1) is 12.8 Å². The Hall–Kier alpha value is -1.85. The van der Waals surface area contributed by atoms with Crippen molar-refractivity contribution in [3.8, 4) is 10.4 Å². The zero-order chi connectivity index (χ0) is 18.0. The minimum absolute atomic E-state index is 0.0557. The lowest BCUT2D eigenvalue weighted by atomic mass is 9.86. The first-order chi connectivity index (χ1) is 11.9. The molecule has 1 fully saturated rings. The van der Waals surface area contributed by atoms with Crippen LogP contribution in [0.1, 0.15) is 40.9 Å². The summed E-state index contributed by atoms with van der Waals surface area (Å²) in [5.41, 5.74) is 2.06. The van der Waals surface area contributed by atoms with Gasteiger partial charge in [-0.15, -0.1) is 11.3 Å². The average Bonchev–Trinajstić information content (AvgIpc) is 2.97. The van der Waals surface area contributed by atoms with E-state index in [4.69, 9.17) is 16.7 Å². The Balaban J connectivity index is 1.68. The maximum absolute atomic E-state index is 12.5. The molecule has 0 aliphatic heterocycles. The van der Waals surface area contributed by atoms with Crippen molar-refractivity contribution in [3.05, 3.63) is 45.8 Å². The Morgan fingerprint density at radius 1 is 1.20 bits per heavy atom. The number of carbonyl (C=O) groups is 2. The Bertz CT molecular complexity index is 794. The zero-order valence-electron chi connectivity index (χ0n) is 13.9. The molecule has 1 heterocycles. The van der Waals surface area contributed by atoms with Crippen LogP contribution >= 0.6 is 22.9 Å². The molecule has 2 N–H and O–H groups in total. The third-order valence-corrected chi connectivity index (χ3v) is 6.16. The van der Waals surface area contributed by atoms with Crippen molar-refractivity contribution in [2.24, 2.45) is 5.92 Å². The number of nitrogens with one attached hydrogen (secondary N) is 1. The highest BCUT2D eigenvalue weighted by atomic mass is 35.5. The van der Waals surface area contributed by atoms with Gasteiger partial charge in [0, 0.05) is 15.9 Å². The minimum atomic E-state index is -0.732. The summed E-state index contributed by atoms with van der Waals surface area (Å²) in [6.45, 7) is 1.99. The van der Waals surface area contributed by atoms with E-state index >= 15 is 0 Å². The normalized spacial score (nSPS) is 20.2. The number of aliphatic carboxylic acids is 1. The molecule has 1 aromatic heterocycles. The summed E-state index contributed by atoms with van der Waals surface area (Å²) < 4.78 is 0. The molecule has 1 aliphatic rings. The van der Waals surface area contributed by atoms with E-state index in [1.807, 2.05) is 37.3 Å². The number of hydrogen-bond donors (Lipinski definition) is 2. The molecule has 0 bridgehead atoms. The minimum Gasteiger partial charge on any atom is -0.481 e. The van der Waals surface area contributed by atoms with Crippen molar-refractivity contribution in [1.29, 1.82) is 0 Å². The van der Waals surface area contributed by atoms with Gasteiger partial charge in [0.25, 0.3) is 5.91 Å². The van der Waals surface area contributed by atoms with Crippen molar-refractivity contribution in [2.45, 2.75) is 38.6 Å². The summed E-state index contributed by atoms with van der Waals surface area (Å²) >= 11 is 7.52. The number of carbonyl (C=O) groups excluding carboxylic acids is 1. The van der Waals surface area contributed by atoms with Crippen molar-refractivity contribution in [3.63, 3.8) is 0 Å². The number of carboxylic acid groups (broad SMARTS) is 1. The highest BCUT2D eigenvalue weighted by Crippen LogP contribution is 2.34. The van der Waals surface area contributed by atoms with E-state index in [2.05, 4.69) is 5.32 Å². The number of thiophene rings is 1. The van der Waals surface area contributed by atoms with Gasteiger partial charge >= 0.3 is 5.97 Å². The number of rotatable bonds is 4. The van der Waals surface area contributed by atoms with Gasteiger partial charge in [0.1, 0.15) is 0 Å². The largest absolute Gasteiger partial charge is 0.481 e. The smallest absolute Gasteiger partial charge is 0.306 e. The molecule has 4 nitrogen and oxygen atoms in total. The quantitative estimate of drug-likeness (QED) is 0.807. The number of carboxylic acids is 1. The summed E-state index contributed by atoms with van der Waals surface area (Å²) in [6, 6.07) is 9.57. The van der Waals surface area contributed by atoms with Crippen LogP contribution in [0.4, 0.5) is 0 Å². The standard InChI is InChI=1S/C19H20ClNO3S/c1-11-9-16(25-17(11)13-3-2-4-14(20)10-13)18(22)21-15-7-5-12(6-8-15)19(23)24/h2-4,9-10,12,15H,5-8H2,1H3,(H,21,22)(H,23,24). The predicted octanol–water partition coefficient (Wildman–Crippen LogP) is 4.75. The van der Waals surface area contributed by atoms with E-state index < -0.39 is 5.97 Å². The van der Waals surface area contributed by atoms with Crippen molar-refractivity contribution in [1.82, 2.24) is 5.32 Å². The van der Waals surface area contributed by atoms with Crippen LogP contribution in [0.2, 0.25) is 5.02 Å². The molecule has 0 saturated heterocycles. The van der Waals surface area contributed by atoms with Crippen molar-refractivity contribution >= 4 is 34.8 Å². The molecule has 132 valence electrons. The van der Waals surface area contributed by atoms with Crippen LogP contribution < -0.4 is 5.32 Å². The molecule has 3 rings (SSSR count). The lowest BCUT2D eigenvalue weighted by molar-refractivity contribution is -0.142. The van der Waals surface area contributed by atoms with Gasteiger partial charge in [-0.3, -0.25) is 9.59 Å². The SMILES string of the molecule is Cc1cc(C(=O)NC2CCC(C(=O)O)CC2)sc1-c1cccc(Cl)c1. The summed E-state index contributed by atoms with van der Waals surface area (Å²) in [6.07, 6.45) is 2.68. The summed E-state index contributed by atoms with van der Waals surface area (Å²) in [4.78, 5) is 25.3. The molecule has 1 amide bonds. The van der Waals surface area contributed by atoms with Gasteiger partial charge in [-0.1, -0.05) is 23.7 Å². The summed E-state index contributed by atoms with van der Waals surface area (Å²) in [5, 5.41) is 12.8. The Morgan fingerprint density at radius 2 is 1.92 bits per heavy atom. The van der Waals surface area contributed by atoms with Gasteiger partial charge in [-0.25, -0.2) is 0 Å². The fourth-order valence-electron chi connectivity index (χ4n) is 3.25. The van der Waals surface area contributed by atoms with E-state index in [9.17, 15) is 9.59 Å². The van der Waals surface area contributed by atoms with Crippen molar-refractivity contribution < 1.29 is 14.7 Å². The van der Waals surface area contributed by atoms with Gasteiger partial charge in [0.05, 0.1) is 10.8 Å². The maximum atomic E-state index is 12.5. The molecule has 2 aromatic rings. The summed E-state index contributed by atoms with van der Waals surface area (Å²) in [7, 11) is 0. The molecular weight excluding hydrogens is 358 g/mol. The Kier molecular flexibility index (Phi) is 5.45. The molecule has 6 heteroatoms. The molecule has 0 unspecified atom stereocenters. The number of benzene rings is 1. The number of hydrogen-bond acceptors (Lipinski definition) is 3. The molecule has 0 atom stereocenters. The van der Waals surface area contributed by atoms with E-state index in [-0.39, 0.29) is 17.9 Å². The molecule has 1 aliphatic carbocycles. The third kappa shape index (κ3) is 4.22. The van der Waals surface area contributed by atoms with Crippen LogP contribution in [-0.2, 0) is 4.79 Å². The first-order valence-corrected chi connectivity index (χ1v) is 9.53. The van der Waals surface area contributed by atoms with Crippen LogP contribution in [0.25, 0.3) is 10.4 Å². The summed E-state index contributed by atoms with van der Waals surface area (Å²) in [5.74, 6) is -1.09. The maximum Gasteiger partial charge on any atom is 0.306 e. The first kappa shape index (κ1) is 18.0. The first-order valence-electron chi connectivity index (χ1n) is 8.34. The number of halogens is 1. The van der Waals surface area contributed by atoms with Gasteiger partial charge < -0.3 is 10.4 Å². The van der Waals surface area contributed by atoms with Crippen LogP contribution in [-0.4, -0.2) is 23.0 Å². The Morgan fingerprint density at radius 3 is 2.56 bits per heavy atom. The second-order valence-electron chi connectivity index (χ2n) is 6.49. The fourth-order valence-corrected chi connectivity index (χ4v) is 4.51. The van der Waals surface area contributed by atoms with Crippen LogP contribution in [0.5, 0.6) is 0 Å². The van der Waals surface area contributed by atoms with Crippen molar-refractivity contribution in [2.75, 3.05) is 0 Å². The van der Waals surface area contributed by atoms with E-state index in [1.165, 1.54) is 11.3 Å². The Labute approximate surface area is 155 Å². The predicted molar refractivity (Wildman–Crippen MR) is 100 cm³/mol. The zero-order valence-corrected chi connectivity index (χ0v) is 15.5. The number of amides is 1. The molecule has 0 spiro atoms. The molecule has 25 heavy (non-hydrogen) atoms. The molecule has 1 aromatic carbocycles. The van der Waals surface area contributed by atoms with E-state index in [1.54, 1.807) is 0 Å². The van der Waals surface area contributed by atoms with Gasteiger partial charge in [0.2, 0.25) is 0 Å². The second-order valence-corrected chi connectivity index (χ2v) is 7.98. The average molecular weight is 378 g/mol. The van der Waals surface area contributed by atoms with Crippen LogP contribution in [0.3, 0.4) is 0 Å². The van der Waals surface area contributed by atoms with E-state index in [0.29, 0.717) is 35.6 Å². The highest BCUT2D eigenvalue weighted by Gasteiger charge is 2.27. The van der Waals surface area contributed by atoms with Crippen LogP contribution in [0.15, 0.2) is 30.3 Å². The monoisotopic (exact) mass is 377 g/mol. The molecule has 0 radical (unpaired) electrons. The van der Waals surface area contributed by atoms with Gasteiger partial charge in [0.15, 0.2) is 0 Å². The topological polar surface area (TPSA) is 66.4 Å². The molecular formula is C19H20ClNO3S. The number of aryl methyl sites for hydroxylation is 1. The second kappa shape index (κ2) is 7.58. The lowest BCUT2D eigenvalue weighted by Crippen LogP contribution is -2.38. The third-order valence-electron chi connectivity index (χ3n) is 4.64.